The molecule has 0 radical (unpaired) electrons. The number of anilines is 1. The third-order valence-corrected chi connectivity index (χ3v) is 4.46. The second kappa shape index (κ2) is 7.23. The van der Waals surface area contributed by atoms with Crippen molar-refractivity contribution in [3.8, 4) is 0 Å². The van der Waals surface area contributed by atoms with Crippen LogP contribution < -0.4 is 10.9 Å². The number of halogens is 3. The quantitative estimate of drug-likeness (QED) is 0.388. The summed E-state index contributed by atoms with van der Waals surface area (Å²) in [6.07, 6.45) is -3.85. The van der Waals surface area contributed by atoms with E-state index in [9.17, 15) is 32.9 Å². The lowest BCUT2D eigenvalue weighted by Crippen LogP contribution is -2.28. The second-order valence-corrected chi connectivity index (χ2v) is 6.49. The average molecular weight is 432 g/mol. The molecule has 1 amide bonds. The molecular weight excluding hydrogens is 421 g/mol. The fourth-order valence-corrected chi connectivity index (χ4v) is 3.06. The molecule has 0 fully saturated rings. The maximum absolute atomic E-state index is 13.3. The Kier molecular flexibility index (Phi) is 4.68. The minimum Gasteiger partial charge on any atom is -0.448 e. The number of nitro groups is 1. The van der Waals surface area contributed by atoms with E-state index in [2.05, 4.69) is 4.98 Å². The average Bonchev–Trinajstić information content (AvgIpc) is 3.09. The summed E-state index contributed by atoms with van der Waals surface area (Å²) >= 11 is 0. The van der Waals surface area contributed by atoms with Gasteiger partial charge in [-0.15, -0.1) is 0 Å². The number of hydrogen-bond donors (Lipinski definition) is 1. The molecule has 2 aromatic carbocycles. The number of rotatable bonds is 4. The van der Waals surface area contributed by atoms with Gasteiger partial charge < -0.3 is 9.73 Å². The van der Waals surface area contributed by atoms with Crippen molar-refractivity contribution in [2.45, 2.75) is 12.7 Å². The zero-order valence-electron chi connectivity index (χ0n) is 15.3. The number of fused-ring (bicyclic) bond motifs is 3. The van der Waals surface area contributed by atoms with Crippen LogP contribution in [0.5, 0.6) is 0 Å². The Morgan fingerprint density at radius 2 is 1.97 bits per heavy atom. The van der Waals surface area contributed by atoms with Gasteiger partial charge in [0.25, 0.3) is 11.2 Å². The van der Waals surface area contributed by atoms with Crippen LogP contribution in [0.3, 0.4) is 0 Å². The van der Waals surface area contributed by atoms with Gasteiger partial charge in [-0.2, -0.15) is 13.2 Å². The van der Waals surface area contributed by atoms with Crippen molar-refractivity contribution in [3.63, 3.8) is 0 Å². The van der Waals surface area contributed by atoms with Crippen LogP contribution in [-0.4, -0.2) is 20.4 Å². The summed E-state index contributed by atoms with van der Waals surface area (Å²) in [5.74, 6) is -0.960. The van der Waals surface area contributed by atoms with Crippen LogP contribution in [0.1, 0.15) is 5.56 Å². The number of alkyl halides is 3. The monoisotopic (exact) mass is 432 g/mol. The number of amides is 1. The first-order valence-electron chi connectivity index (χ1n) is 8.67. The minimum atomic E-state index is -4.94. The van der Waals surface area contributed by atoms with Crippen molar-refractivity contribution in [1.82, 2.24) is 9.55 Å². The molecule has 4 aromatic rings. The lowest BCUT2D eigenvalue weighted by Gasteiger charge is -2.14. The van der Waals surface area contributed by atoms with Crippen LogP contribution in [0.4, 0.5) is 24.5 Å². The highest BCUT2D eigenvalue weighted by molar-refractivity contribution is 6.01. The van der Waals surface area contributed by atoms with Gasteiger partial charge in [0.15, 0.2) is 0 Å². The molecule has 2 heterocycles. The fourth-order valence-electron chi connectivity index (χ4n) is 3.06. The highest BCUT2D eigenvalue weighted by Crippen LogP contribution is 2.37. The van der Waals surface area contributed by atoms with Gasteiger partial charge in [-0.05, 0) is 18.2 Å². The molecular formula is C19H11F3N4O5. The number of para-hydroxylation sites is 1. The molecule has 0 saturated heterocycles. The number of non-ortho nitro benzene ring substituents is 1. The molecule has 2 aromatic heterocycles. The number of hydrogen-bond acceptors (Lipinski definition) is 6. The van der Waals surface area contributed by atoms with Gasteiger partial charge in [-0.25, -0.2) is 4.98 Å². The number of nitrogens with one attached hydrogen (secondary N) is 1. The van der Waals surface area contributed by atoms with Crippen molar-refractivity contribution in [3.05, 3.63) is 74.8 Å². The Morgan fingerprint density at radius 1 is 1.23 bits per heavy atom. The summed E-state index contributed by atoms with van der Waals surface area (Å²) in [4.78, 5) is 38.8. The van der Waals surface area contributed by atoms with Gasteiger partial charge in [-0.3, -0.25) is 24.3 Å². The van der Waals surface area contributed by atoms with Crippen LogP contribution in [0.15, 0.2) is 58.0 Å². The van der Waals surface area contributed by atoms with Crippen LogP contribution in [0.25, 0.3) is 22.1 Å². The maximum Gasteiger partial charge on any atom is 0.418 e. The van der Waals surface area contributed by atoms with Gasteiger partial charge >= 0.3 is 6.18 Å². The van der Waals surface area contributed by atoms with Crippen molar-refractivity contribution in [1.29, 1.82) is 0 Å². The molecule has 0 aliphatic rings. The summed E-state index contributed by atoms with van der Waals surface area (Å²) in [7, 11) is 0. The Morgan fingerprint density at radius 3 is 2.68 bits per heavy atom. The van der Waals surface area contributed by atoms with E-state index in [4.69, 9.17) is 4.42 Å². The Labute approximate surface area is 169 Å². The Bertz CT molecular complexity index is 1410. The Hall–Kier alpha value is -4.22. The molecule has 0 aliphatic heterocycles. The molecule has 31 heavy (non-hydrogen) atoms. The molecule has 0 spiro atoms. The summed E-state index contributed by atoms with van der Waals surface area (Å²) < 4.78 is 46.1. The fraction of sp³-hybridized carbons (Fsp3) is 0.105. The molecule has 158 valence electrons. The van der Waals surface area contributed by atoms with Gasteiger partial charge in [-0.1, -0.05) is 12.1 Å². The van der Waals surface area contributed by atoms with Crippen LogP contribution in [0.2, 0.25) is 0 Å². The third-order valence-electron chi connectivity index (χ3n) is 4.46. The van der Waals surface area contributed by atoms with Gasteiger partial charge in [0.1, 0.15) is 17.6 Å². The lowest BCUT2D eigenvalue weighted by molar-refractivity contribution is -0.385. The zero-order chi connectivity index (χ0) is 22.3. The highest BCUT2D eigenvalue weighted by atomic mass is 19.4. The van der Waals surface area contributed by atoms with E-state index in [1.54, 1.807) is 24.3 Å². The van der Waals surface area contributed by atoms with Crippen LogP contribution in [0, 0.1) is 10.1 Å². The predicted molar refractivity (Wildman–Crippen MR) is 103 cm³/mol. The number of aromatic nitrogens is 2. The van der Waals surface area contributed by atoms with Crippen molar-refractivity contribution >= 4 is 39.4 Å². The van der Waals surface area contributed by atoms with E-state index >= 15 is 0 Å². The molecule has 0 unspecified atom stereocenters. The van der Waals surface area contributed by atoms with E-state index in [0.29, 0.717) is 22.6 Å². The number of furan rings is 1. The smallest absolute Gasteiger partial charge is 0.418 e. The molecule has 9 nitrogen and oxygen atoms in total. The third kappa shape index (κ3) is 3.70. The number of carbonyl (C=O) groups is 1. The molecule has 0 aliphatic carbocycles. The highest BCUT2D eigenvalue weighted by Gasteiger charge is 2.35. The molecule has 0 bridgehead atoms. The van der Waals surface area contributed by atoms with E-state index in [1.807, 2.05) is 5.32 Å². The first-order chi connectivity index (χ1) is 14.6. The molecule has 4 rings (SSSR count). The minimum absolute atomic E-state index is 0.0946. The van der Waals surface area contributed by atoms with E-state index < -0.39 is 46.0 Å². The standard InChI is InChI=1S/C19H11F3N4O5/c20-19(21,22)12-7-10(26(29)30)5-6-13(12)24-15(27)8-25-9-23-16-11-3-1-2-4-14(11)31-17(16)18(25)28/h1-7,9H,8H2,(H,24,27). The number of nitrogens with zero attached hydrogens (tertiary/aromatic N) is 3. The summed E-state index contributed by atoms with van der Waals surface area (Å²) in [5.41, 5.74) is -2.89. The van der Waals surface area contributed by atoms with E-state index in [0.717, 1.165) is 23.0 Å². The first kappa shape index (κ1) is 20.1. The molecule has 0 saturated carbocycles. The largest absolute Gasteiger partial charge is 0.448 e. The maximum atomic E-state index is 13.3. The SMILES string of the molecule is O=C(Cn1cnc2c(oc3ccccc32)c1=O)Nc1ccc([N+](=O)[O-])cc1C(F)(F)F. The van der Waals surface area contributed by atoms with Crippen LogP contribution >= 0.6 is 0 Å². The Balaban J connectivity index is 1.64. The topological polar surface area (TPSA) is 120 Å². The zero-order valence-corrected chi connectivity index (χ0v) is 15.3. The van der Waals surface area contributed by atoms with Gasteiger partial charge in [0, 0.05) is 17.5 Å². The summed E-state index contributed by atoms with van der Waals surface area (Å²) in [5, 5.41) is 13.4. The van der Waals surface area contributed by atoms with Gasteiger partial charge in [0.05, 0.1) is 22.5 Å². The normalized spacial score (nSPS) is 11.7. The number of benzene rings is 2. The number of nitro benzene ring substituents is 1. The van der Waals surface area contributed by atoms with Crippen molar-refractivity contribution in [2.24, 2.45) is 0 Å². The summed E-state index contributed by atoms with van der Waals surface area (Å²) in [6, 6.07) is 8.73. The van der Waals surface area contributed by atoms with Crippen molar-refractivity contribution < 1.29 is 27.3 Å². The molecule has 12 heteroatoms. The van der Waals surface area contributed by atoms with E-state index in [-0.39, 0.29) is 5.58 Å². The summed E-state index contributed by atoms with van der Waals surface area (Å²) in [6.45, 7) is -0.646. The first-order valence-corrected chi connectivity index (χ1v) is 8.67. The molecule has 1 N–H and O–H groups in total. The number of carbonyl (C=O) groups excluding carboxylic acids is 1. The second-order valence-electron chi connectivity index (χ2n) is 6.49. The van der Waals surface area contributed by atoms with Gasteiger partial charge in [0.2, 0.25) is 11.5 Å². The lowest BCUT2D eigenvalue weighted by atomic mass is 10.1. The molecule has 0 atom stereocenters. The van der Waals surface area contributed by atoms with Crippen LogP contribution in [-0.2, 0) is 17.5 Å². The van der Waals surface area contributed by atoms with Crippen molar-refractivity contribution in [2.75, 3.05) is 5.32 Å². The van der Waals surface area contributed by atoms with E-state index in [1.165, 1.54) is 0 Å². The predicted octanol–water partition coefficient (Wildman–Crippen LogP) is 3.71.